The van der Waals surface area contributed by atoms with E-state index in [9.17, 15) is 26.0 Å². The van der Waals surface area contributed by atoms with Gasteiger partial charge in [-0.1, -0.05) is 23.2 Å². The predicted octanol–water partition coefficient (Wildman–Crippen LogP) is 4.94. The highest BCUT2D eigenvalue weighted by Gasteiger charge is 2.31. The number of rotatable bonds is 4. The van der Waals surface area contributed by atoms with Gasteiger partial charge < -0.3 is 0 Å². The molecule has 1 N–H and O–H groups in total. The van der Waals surface area contributed by atoms with Crippen LogP contribution in [0.1, 0.15) is 16.7 Å². The maximum atomic E-state index is 13.3. The number of hydrogen-bond acceptors (Lipinski definition) is 2. The molecule has 0 saturated carbocycles. The molecule has 0 aliphatic carbocycles. The summed E-state index contributed by atoms with van der Waals surface area (Å²) in [5.41, 5.74) is -0.934. The number of aryl methyl sites for hydroxylation is 1. The van der Waals surface area contributed by atoms with Crippen LogP contribution >= 0.6 is 23.2 Å². The van der Waals surface area contributed by atoms with Crippen molar-refractivity contribution in [1.29, 1.82) is 0 Å². The molecule has 0 aliphatic heterocycles. The van der Waals surface area contributed by atoms with Crippen LogP contribution in [0.5, 0.6) is 0 Å². The van der Waals surface area contributed by atoms with E-state index in [1.807, 2.05) is 0 Å². The fourth-order valence-electron chi connectivity index (χ4n) is 2.01. The maximum Gasteiger partial charge on any atom is 0.416 e. The van der Waals surface area contributed by atoms with Crippen LogP contribution in [-0.4, -0.2) is 8.42 Å². The van der Waals surface area contributed by atoms with Crippen LogP contribution in [0.4, 0.5) is 17.6 Å². The van der Waals surface area contributed by atoms with Crippen LogP contribution in [0.3, 0.4) is 0 Å². The van der Waals surface area contributed by atoms with Crippen LogP contribution in [0.2, 0.25) is 10.0 Å². The van der Waals surface area contributed by atoms with Gasteiger partial charge in [0.2, 0.25) is 10.0 Å². The molecule has 0 heterocycles. The summed E-state index contributed by atoms with van der Waals surface area (Å²) in [5.74, 6) is -1.12. The van der Waals surface area contributed by atoms with E-state index in [1.54, 1.807) is 6.92 Å². The molecule has 2 aromatic rings. The van der Waals surface area contributed by atoms with Gasteiger partial charge in [0.25, 0.3) is 0 Å². The van der Waals surface area contributed by atoms with Crippen molar-refractivity contribution in [3.8, 4) is 0 Å². The molecule has 0 atom stereocenters. The maximum absolute atomic E-state index is 13.3. The van der Waals surface area contributed by atoms with Crippen LogP contribution < -0.4 is 4.72 Å². The van der Waals surface area contributed by atoms with E-state index in [0.29, 0.717) is 17.7 Å². The second kappa shape index (κ2) is 7.11. The molecule has 0 saturated heterocycles. The first kappa shape index (κ1) is 20.0. The Bertz CT molecular complexity index is 914. The number of hydrogen-bond donors (Lipinski definition) is 1. The Balaban J connectivity index is 2.29. The van der Waals surface area contributed by atoms with Gasteiger partial charge in [-0.15, -0.1) is 0 Å². The Hall–Kier alpha value is -1.35. The molecule has 0 bridgehead atoms. The van der Waals surface area contributed by atoms with E-state index in [2.05, 4.69) is 4.72 Å². The molecule has 0 aromatic heterocycles. The van der Waals surface area contributed by atoms with Crippen LogP contribution in [0.25, 0.3) is 0 Å². The van der Waals surface area contributed by atoms with Crippen molar-refractivity contribution in [3.05, 3.63) is 62.9 Å². The summed E-state index contributed by atoms with van der Waals surface area (Å²) in [4.78, 5) is -0.275. The van der Waals surface area contributed by atoms with Crippen molar-refractivity contribution in [2.24, 2.45) is 0 Å². The number of sulfonamides is 1. The minimum Gasteiger partial charge on any atom is -0.207 e. The van der Waals surface area contributed by atoms with Crippen molar-refractivity contribution < 1.29 is 26.0 Å². The third kappa shape index (κ3) is 4.84. The van der Waals surface area contributed by atoms with Crippen LogP contribution in [0.15, 0.2) is 35.2 Å². The van der Waals surface area contributed by atoms with E-state index in [4.69, 9.17) is 23.2 Å². The highest BCUT2D eigenvalue weighted by Crippen LogP contribution is 2.31. The van der Waals surface area contributed by atoms with Gasteiger partial charge >= 0.3 is 6.18 Å². The average molecular weight is 416 g/mol. The van der Waals surface area contributed by atoms with Gasteiger partial charge in [0.15, 0.2) is 0 Å². The summed E-state index contributed by atoms with van der Waals surface area (Å²) < 4.78 is 78.1. The summed E-state index contributed by atoms with van der Waals surface area (Å²) in [6.45, 7) is 1.03. The smallest absolute Gasteiger partial charge is 0.207 e. The summed E-state index contributed by atoms with van der Waals surface area (Å²) in [5, 5.41) is 0.127. The fraction of sp³-hybridized carbons (Fsp3) is 0.200. The number of nitrogens with one attached hydrogen (secondary N) is 1. The molecule has 0 unspecified atom stereocenters. The topological polar surface area (TPSA) is 46.2 Å². The minimum atomic E-state index is -4.74. The zero-order valence-corrected chi connectivity index (χ0v) is 14.9. The van der Waals surface area contributed by atoms with Gasteiger partial charge in [-0.05, 0) is 48.4 Å². The lowest BCUT2D eigenvalue weighted by molar-refractivity contribution is -0.137. The molecule has 10 heteroatoms. The monoisotopic (exact) mass is 415 g/mol. The minimum absolute atomic E-state index is 0.140. The van der Waals surface area contributed by atoms with Gasteiger partial charge in [-0.3, -0.25) is 0 Å². The molecule has 0 aliphatic rings. The molecule has 2 aromatic carbocycles. The summed E-state index contributed by atoms with van der Waals surface area (Å²) in [6, 6.07) is 4.29. The molecule has 3 nitrogen and oxygen atoms in total. The van der Waals surface area contributed by atoms with Gasteiger partial charge in [0.05, 0.1) is 10.6 Å². The molecular formula is C15H11Cl2F4NO2S. The predicted molar refractivity (Wildman–Crippen MR) is 86.6 cm³/mol. The lowest BCUT2D eigenvalue weighted by Gasteiger charge is -2.12. The lowest BCUT2D eigenvalue weighted by atomic mass is 10.1. The third-order valence-electron chi connectivity index (χ3n) is 3.25. The third-order valence-corrected chi connectivity index (χ3v) is 5.53. The second-order valence-electron chi connectivity index (χ2n) is 5.20. The number of benzene rings is 2. The van der Waals surface area contributed by atoms with Crippen molar-refractivity contribution in [2.45, 2.75) is 24.5 Å². The van der Waals surface area contributed by atoms with Crippen LogP contribution in [-0.2, 0) is 22.7 Å². The van der Waals surface area contributed by atoms with Crippen LogP contribution in [0, 0.1) is 12.7 Å². The van der Waals surface area contributed by atoms with Crippen molar-refractivity contribution in [1.82, 2.24) is 4.72 Å². The first-order valence-corrected chi connectivity index (χ1v) is 8.96. The first-order chi connectivity index (χ1) is 11.4. The number of halogens is 6. The molecule has 0 amide bonds. The quantitative estimate of drug-likeness (QED) is 0.718. The Morgan fingerprint density at radius 3 is 2.28 bits per heavy atom. The standard InChI is InChI=1S/C15H11Cl2F4NO2S/c1-8-2-14(13(17)6-12(8)16)25(23,24)22-7-9-3-10(15(19,20)21)5-11(18)4-9/h2-6,22H,7H2,1H3. The molecule has 2 rings (SSSR count). The molecule has 25 heavy (non-hydrogen) atoms. The van der Waals surface area contributed by atoms with Crippen molar-refractivity contribution in [2.75, 3.05) is 0 Å². The Labute approximate surface area is 151 Å². The summed E-state index contributed by atoms with van der Waals surface area (Å²) >= 11 is 11.7. The van der Waals surface area contributed by atoms with Gasteiger partial charge in [0, 0.05) is 11.6 Å². The molecule has 0 fully saturated rings. The fourth-order valence-corrected chi connectivity index (χ4v) is 3.86. The van der Waals surface area contributed by atoms with Crippen molar-refractivity contribution in [3.63, 3.8) is 0 Å². The molecular weight excluding hydrogens is 405 g/mol. The Kier molecular flexibility index (Phi) is 5.68. The SMILES string of the molecule is Cc1cc(S(=O)(=O)NCc2cc(F)cc(C(F)(F)F)c2)c(Cl)cc1Cl. The number of alkyl halides is 3. The summed E-state index contributed by atoms with van der Waals surface area (Å²) in [6.07, 6.45) is -4.74. The van der Waals surface area contributed by atoms with E-state index < -0.39 is 34.1 Å². The van der Waals surface area contributed by atoms with Gasteiger partial charge in [0.1, 0.15) is 10.7 Å². The highest BCUT2D eigenvalue weighted by molar-refractivity contribution is 7.89. The van der Waals surface area contributed by atoms with E-state index >= 15 is 0 Å². The van der Waals surface area contributed by atoms with Gasteiger partial charge in [-0.2, -0.15) is 13.2 Å². The second-order valence-corrected chi connectivity index (χ2v) is 7.75. The van der Waals surface area contributed by atoms with E-state index in [-0.39, 0.29) is 20.5 Å². The molecule has 0 spiro atoms. The molecule has 136 valence electrons. The van der Waals surface area contributed by atoms with Gasteiger partial charge in [-0.25, -0.2) is 17.5 Å². The Morgan fingerprint density at radius 1 is 1.04 bits per heavy atom. The average Bonchev–Trinajstić information content (AvgIpc) is 2.47. The first-order valence-electron chi connectivity index (χ1n) is 6.72. The molecule has 0 radical (unpaired) electrons. The highest BCUT2D eigenvalue weighted by atomic mass is 35.5. The largest absolute Gasteiger partial charge is 0.416 e. The lowest BCUT2D eigenvalue weighted by Crippen LogP contribution is -2.24. The van der Waals surface area contributed by atoms with E-state index in [0.717, 1.165) is 6.07 Å². The van der Waals surface area contributed by atoms with E-state index in [1.165, 1.54) is 12.1 Å². The Morgan fingerprint density at radius 2 is 1.68 bits per heavy atom. The zero-order valence-electron chi connectivity index (χ0n) is 12.6. The zero-order chi connectivity index (χ0) is 19.0. The van der Waals surface area contributed by atoms with Crippen molar-refractivity contribution >= 4 is 33.2 Å². The normalized spacial score (nSPS) is 12.4. The summed E-state index contributed by atoms with van der Waals surface area (Å²) in [7, 11) is -4.13.